The van der Waals surface area contributed by atoms with E-state index in [1.165, 1.54) is 6.08 Å². The van der Waals surface area contributed by atoms with Crippen LogP contribution < -0.4 is 0 Å². The Morgan fingerprint density at radius 1 is 1.09 bits per heavy atom. The lowest BCUT2D eigenvalue weighted by Crippen LogP contribution is -1.73. The second kappa shape index (κ2) is 9.44. The first kappa shape index (κ1) is 10.4. The fourth-order valence-electron chi connectivity index (χ4n) is 0.641. The minimum Gasteiger partial charge on any atom is -0.299 e. The van der Waals surface area contributed by atoms with E-state index in [4.69, 9.17) is 11.6 Å². The Labute approximate surface area is 72.7 Å². The van der Waals surface area contributed by atoms with Crippen LogP contribution >= 0.6 is 11.6 Å². The van der Waals surface area contributed by atoms with Gasteiger partial charge in [0.2, 0.25) is 0 Å². The summed E-state index contributed by atoms with van der Waals surface area (Å²) < 4.78 is 0. The lowest BCUT2D eigenvalue weighted by Gasteiger charge is -1.88. The van der Waals surface area contributed by atoms with Crippen molar-refractivity contribution in [2.24, 2.45) is 0 Å². The SMILES string of the molecule is O=C/C=C/C=C/CCCCCl. The normalized spacial score (nSPS) is 11.4. The van der Waals surface area contributed by atoms with Crippen molar-refractivity contribution >= 4 is 17.9 Å². The van der Waals surface area contributed by atoms with Crippen LogP contribution in [0.2, 0.25) is 0 Å². The summed E-state index contributed by atoms with van der Waals surface area (Å²) in [5.74, 6) is 0.734. The molecule has 0 radical (unpaired) electrons. The monoisotopic (exact) mass is 172 g/mol. The van der Waals surface area contributed by atoms with Gasteiger partial charge in [-0.2, -0.15) is 0 Å². The first-order chi connectivity index (χ1) is 5.41. The zero-order valence-corrected chi connectivity index (χ0v) is 7.26. The predicted octanol–water partition coefficient (Wildman–Crippen LogP) is 2.71. The maximum absolute atomic E-state index is 9.80. The second-order valence-electron chi connectivity index (χ2n) is 2.13. The second-order valence-corrected chi connectivity index (χ2v) is 2.51. The van der Waals surface area contributed by atoms with Gasteiger partial charge < -0.3 is 0 Å². The molecule has 0 rings (SSSR count). The Hall–Kier alpha value is -0.560. The van der Waals surface area contributed by atoms with Crippen molar-refractivity contribution in [3.63, 3.8) is 0 Å². The molecule has 0 atom stereocenters. The van der Waals surface area contributed by atoms with Gasteiger partial charge in [0.15, 0.2) is 0 Å². The third-order valence-corrected chi connectivity index (χ3v) is 1.46. The highest BCUT2D eigenvalue weighted by atomic mass is 35.5. The number of carbonyl (C=O) groups excluding carboxylic acids is 1. The quantitative estimate of drug-likeness (QED) is 0.198. The number of unbranched alkanes of at least 4 members (excludes halogenated alkanes) is 2. The number of rotatable bonds is 6. The molecule has 11 heavy (non-hydrogen) atoms. The van der Waals surface area contributed by atoms with Crippen LogP contribution in [0.15, 0.2) is 24.3 Å². The summed E-state index contributed by atoms with van der Waals surface area (Å²) >= 11 is 5.48. The third-order valence-electron chi connectivity index (χ3n) is 1.19. The molecule has 0 aliphatic rings. The number of hydrogen-bond donors (Lipinski definition) is 0. The van der Waals surface area contributed by atoms with Crippen LogP contribution in [-0.4, -0.2) is 12.2 Å². The summed E-state index contributed by atoms with van der Waals surface area (Å²) in [6.45, 7) is 0. The molecule has 0 fully saturated rings. The predicted molar refractivity (Wildman–Crippen MR) is 48.9 cm³/mol. The molecule has 0 bridgehead atoms. The van der Waals surface area contributed by atoms with E-state index in [2.05, 4.69) is 0 Å². The summed E-state index contributed by atoms with van der Waals surface area (Å²) in [5.41, 5.74) is 0. The van der Waals surface area contributed by atoms with Gasteiger partial charge >= 0.3 is 0 Å². The maximum atomic E-state index is 9.80. The molecule has 62 valence electrons. The smallest absolute Gasteiger partial charge is 0.142 e. The van der Waals surface area contributed by atoms with Crippen molar-refractivity contribution in [1.82, 2.24) is 0 Å². The van der Waals surface area contributed by atoms with E-state index in [9.17, 15) is 4.79 Å². The van der Waals surface area contributed by atoms with Crippen molar-refractivity contribution in [3.8, 4) is 0 Å². The lowest BCUT2D eigenvalue weighted by atomic mass is 10.2. The number of carbonyl (C=O) groups is 1. The van der Waals surface area contributed by atoms with Crippen LogP contribution in [0.5, 0.6) is 0 Å². The van der Waals surface area contributed by atoms with Gasteiger partial charge in [0, 0.05) is 5.88 Å². The fourth-order valence-corrected chi connectivity index (χ4v) is 0.830. The minimum atomic E-state index is 0.734. The molecular formula is C9H13ClO. The van der Waals surface area contributed by atoms with Gasteiger partial charge in [0.1, 0.15) is 6.29 Å². The van der Waals surface area contributed by atoms with Gasteiger partial charge in [-0.3, -0.25) is 4.79 Å². The van der Waals surface area contributed by atoms with E-state index in [0.29, 0.717) is 0 Å². The van der Waals surface area contributed by atoms with E-state index in [1.807, 2.05) is 12.2 Å². The Morgan fingerprint density at radius 2 is 1.91 bits per heavy atom. The third kappa shape index (κ3) is 9.44. The number of aldehydes is 1. The highest BCUT2D eigenvalue weighted by Crippen LogP contribution is 1.97. The topological polar surface area (TPSA) is 17.1 Å². The molecule has 0 amide bonds. The van der Waals surface area contributed by atoms with Gasteiger partial charge in [-0.25, -0.2) is 0 Å². The Balaban J connectivity index is 3.15. The molecule has 1 nitrogen and oxygen atoms in total. The molecule has 0 aromatic rings. The Morgan fingerprint density at radius 3 is 2.55 bits per heavy atom. The maximum Gasteiger partial charge on any atom is 0.142 e. The number of alkyl halides is 1. The molecule has 2 heteroatoms. The molecule has 0 heterocycles. The van der Waals surface area contributed by atoms with Crippen molar-refractivity contribution in [3.05, 3.63) is 24.3 Å². The Bertz CT molecular complexity index is 138. The van der Waals surface area contributed by atoms with E-state index >= 15 is 0 Å². The van der Waals surface area contributed by atoms with E-state index < -0.39 is 0 Å². The van der Waals surface area contributed by atoms with Crippen LogP contribution in [0.1, 0.15) is 19.3 Å². The lowest BCUT2D eigenvalue weighted by molar-refractivity contribution is -0.104. The standard InChI is InChI=1S/C9H13ClO/c10-8-6-4-2-1-3-5-7-9-11/h1,3,5,7,9H,2,4,6,8H2/b3-1+,7-5+. The van der Waals surface area contributed by atoms with Crippen LogP contribution in [0.25, 0.3) is 0 Å². The van der Waals surface area contributed by atoms with Gasteiger partial charge in [-0.1, -0.05) is 18.2 Å². The first-order valence-electron chi connectivity index (χ1n) is 3.74. The van der Waals surface area contributed by atoms with Crippen LogP contribution in [-0.2, 0) is 4.79 Å². The molecule has 0 saturated heterocycles. The van der Waals surface area contributed by atoms with Gasteiger partial charge in [0.25, 0.3) is 0 Å². The molecule has 0 aliphatic carbocycles. The van der Waals surface area contributed by atoms with Crippen molar-refractivity contribution in [1.29, 1.82) is 0 Å². The molecule has 0 aromatic carbocycles. The van der Waals surface area contributed by atoms with Gasteiger partial charge in [-0.05, 0) is 25.3 Å². The summed E-state index contributed by atoms with van der Waals surface area (Å²) in [4.78, 5) is 9.80. The summed E-state index contributed by atoms with van der Waals surface area (Å²) in [7, 11) is 0. The van der Waals surface area contributed by atoms with Crippen LogP contribution in [0.3, 0.4) is 0 Å². The average molecular weight is 173 g/mol. The zero-order chi connectivity index (χ0) is 8.36. The number of hydrogen-bond acceptors (Lipinski definition) is 1. The fraction of sp³-hybridized carbons (Fsp3) is 0.444. The van der Waals surface area contributed by atoms with E-state index in [1.54, 1.807) is 6.08 Å². The number of halogens is 1. The highest BCUT2D eigenvalue weighted by molar-refractivity contribution is 6.17. The van der Waals surface area contributed by atoms with Crippen molar-refractivity contribution in [2.45, 2.75) is 19.3 Å². The van der Waals surface area contributed by atoms with E-state index in [0.717, 1.165) is 31.4 Å². The summed E-state index contributed by atoms with van der Waals surface area (Å²) in [6.07, 6.45) is 11.1. The molecule has 0 aromatic heterocycles. The Kier molecular flexibility index (Phi) is 8.96. The van der Waals surface area contributed by atoms with Crippen molar-refractivity contribution < 1.29 is 4.79 Å². The van der Waals surface area contributed by atoms with Gasteiger partial charge in [-0.15, -0.1) is 11.6 Å². The summed E-state index contributed by atoms with van der Waals surface area (Å²) in [5, 5.41) is 0. The van der Waals surface area contributed by atoms with Gasteiger partial charge in [0.05, 0.1) is 0 Å². The molecular weight excluding hydrogens is 160 g/mol. The molecule has 0 aliphatic heterocycles. The molecule has 0 spiro atoms. The minimum absolute atomic E-state index is 0.734. The zero-order valence-electron chi connectivity index (χ0n) is 6.50. The largest absolute Gasteiger partial charge is 0.299 e. The average Bonchev–Trinajstić information content (AvgIpc) is 2.03. The summed E-state index contributed by atoms with van der Waals surface area (Å²) in [6, 6.07) is 0. The highest BCUT2D eigenvalue weighted by Gasteiger charge is 1.80. The molecule has 0 saturated carbocycles. The molecule has 0 unspecified atom stereocenters. The van der Waals surface area contributed by atoms with Crippen LogP contribution in [0.4, 0.5) is 0 Å². The first-order valence-corrected chi connectivity index (χ1v) is 4.28. The van der Waals surface area contributed by atoms with Crippen molar-refractivity contribution in [2.75, 3.05) is 5.88 Å². The molecule has 0 N–H and O–H groups in total. The number of allylic oxidation sites excluding steroid dienone is 4. The van der Waals surface area contributed by atoms with Crippen LogP contribution in [0, 0.1) is 0 Å². The van der Waals surface area contributed by atoms with E-state index in [-0.39, 0.29) is 0 Å².